The molecule has 4 aromatic rings. The molecule has 230 valence electrons. The lowest BCUT2D eigenvalue weighted by atomic mass is 9.07. The van der Waals surface area contributed by atoms with Crippen molar-refractivity contribution in [3.05, 3.63) is 107 Å². The van der Waals surface area contributed by atoms with Crippen molar-refractivity contribution in [1.82, 2.24) is 0 Å². The Morgan fingerprint density at radius 3 is 1.00 bits per heavy atom. The number of benzene rings is 2. The number of hydrogen-bond donors (Lipinski definition) is 0. The molecule has 2 aromatic heterocycles. The molecular weight excluding hydrogens is 583 g/mol. The molecule has 0 aliphatic carbocycles. The number of nitrogens with zero attached hydrogens (tertiary/aromatic N) is 4. The minimum Gasteiger partial charge on any atom is -0.459 e. The summed E-state index contributed by atoms with van der Waals surface area (Å²) in [6, 6.07) is 15.2. The Bertz CT molecular complexity index is 1400. The van der Waals surface area contributed by atoms with Gasteiger partial charge in [0, 0.05) is 63.8 Å². The van der Waals surface area contributed by atoms with Crippen molar-refractivity contribution in [2.45, 2.75) is 41.5 Å². The van der Waals surface area contributed by atoms with Gasteiger partial charge in [0.05, 0.1) is 5.34 Å². The summed E-state index contributed by atoms with van der Waals surface area (Å²) in [7, 11) is 7.75. The molecule has 0 saturated heterocycles. The molecule has 43 heavy (non-hydrogen) atoms. The van der Waals surface area contributed by atoms with Crippen LogP contribution in [-0.2, 0) is 0 Å². The molecule has 0 aliphatic rings. The van der Waals surface area contributed by atoms with Gasteiger partial charge >= 0.3 is 12.9 Å². The first kappa shape index (κ1) is 34.4. The SMILES string of the molecule is Cc1cc(C)c([B@@-](F)([n+]2ccc(N(C)C)cc2)[B@@-](F)(c2c(C)cc(C)cc2C)[n+]2ccc(N(C)C)cc2)c(C)c1.ClCCl. The molecular formula is C33H44B2Cl2F2N4. The standard InChI is InChI=1S/C32H42B2F2N4.CH2Cl2/c1-23-19-25(3)31(26(4)20-23)33(35,39-15-11-29(12-16-39)37(7)8)34(36,32-27(5)21-24(2)22-28(32)6)40-17-13-30(14-18-40)38(9)10;2-1-3/h11-22H,1-10H3;1H2/t33-,34-;/m1./s1. The molecule has 4 rings (SSSR count). The van der Waals surface area contributed by atoms with Crippen LogP contribution in [0.4, 0.5) is 20.0 Å². The number of halogens is 4. The zero-order valence-electron chi connectivity index (χ0n) is 27.1. The Labute approximate surface area is 266 Å². The first-order chi connectivity index (χ1) is 20.1. The second-order valence-corrected chi connectivity index (χ2v) is 12.9. The predicted octanol–water partition coefficient (Wildman–Crippen LogP) is 5.78. The number of anilines is 2. The summed E-state index contributed by atoms with van der Waals surface area (Å²) in [6.45, 7) is 11.6. The summed E-state index contributed by atoms with van der Waals surface area (Å²) in [6.07, 6.45) is -0.395. The normalized spacial score (nSPS) is 13.8. The van der Waals surface area contributed by atoms with Gasteiger partial charge in [-0.1, -0.05) is 57.6 Å². The van der Waals surface area contributed by atoms with Crippen LogP contribution in [-0.4, -0.2) is 46.4 Å². The Hall–Kier alpha value is -3.09. The van der Waals surface area contributed by atoms with Crippen LogP contribution in [0, 0.1) is 41.5 Å². The minimum atomic E-state index is -3.58. The van der Waals surface area contributed by atoms with E-state index in [9.17, 15) is 0 Å². The molecule has 0 aliphatic heterocycles. The van der Waals surface area contributed by atoms with Crippen molar-refractivity contribution in [3.63, 3.8) is 0 Å². The highest BCUT2D eigenvalue weighted by Gasteiger charge is 2.65. The second kappa shape index (κ2) is 13.7. The molecule has 0 radical (unpaired) electrons. The van der Waals surface area contributed by atoms with Crippen molar-refractivity contribution in [2.75, 3.05) is 43.3 Å². The molecule has 2 heterocycles. The summed E-state index contributed by atoms with van der Waals surface area (Å²) < 4.78 is 41.0. The molecule has 0 bridgehead atoms. The summed E-state index contributed by atoms with van der Waals surface area (Å²) >= 11 is 9.53. The lowest BCUT2D eigenvalue weighted by molar-refractivity contribution is -0.578. The summed E-state index contributed by atoms with van der Waals surface area (Å²) in [5, 5.41) is 0.194. The highest BCUT2D eigenvalue weighted by atomic mass is 35.5. The molecule has 4 nitrogen and oxygen atoms in total. The highest BCUT2D eigenvalue weighted by Crippen LogP contribution is 2.26. The van der Waals surface area contributed by atoms with Crippen molar-refractivity contribution in [1.29, 1.82) is 0 Å². The van der Waals surface area contributed by atoms with Gasteiger partial charge < -0.3 is 27.4 Å². The Morgan fingerprint density at radius 2 is 0.791 bits per heavy atom. The van der Waals surface area contributed by atoms with Crippen LogP contribution < -0.4 is 29.7 Å². The lowest BCUT2D eigenvalue weighted by Crippen LogP contribution is -2.95. The van der Waals surface area contributed by atoms with Gasteiger partial charge in [-0.15, -0.1) is 34.1 Å². The van der Waals surface area contributed by atoms with E-state index < -0.39 is 12.9 Å². The first-order valence-corrected chi connectivity index (χ1v) is 15.5. The third-order valence-electron chi connectivity index (χ3n) is 8.44. The predicted molar refractivity (Wildman–Crippen MR) is 184 cm³/mol. The molecule has 2 atom stereocenters. The van der Waals surface area contributed by atoms with E-state index in [1.165, 1.54) is 8.96 Å². The van der Waals surface area contributed by atoms with Crippen LogP contribution in [0.3, 0.4) is 0 Å². The van der Waals surface area contributed by atoms with Gasteiger partial charge in [-0.25, -0.2) is 0 Å². The maximum absolute atomic E-state index is 19.0. The minimum absolute atomic E-state index is 0.194. The third kappa shape index (κ3) is 6.56. The number of rotatable bonds is 7. The monoisotopic (exact) mass is 626 g/mol. The van der Waals surface area contributed by atoms with E-state index in [0.29, 0.717) is 10.9 Å². The van der Waals surface area contributed by atoms with Crippen molar-refractivity contribution < 1.29 is 17.6 Å². The fourth-order valence-electron chi connectivity index (χ4n) is 6.81. The van der Waals surface area contributed by atoms with Crippen LogP contribution in [0.25, 0.3) is 0 Å². The summed E-state index contributed by atoms with van der Waals surface area (Å²) in [5.41, 5.74) is 7.62. The van der Waals surface area contributed by atoms with E-state index in [1.54, 1.807) is 24.8 Å². The van der Waals surface area contributed by atoms with Crippen LogP contribution >= 0.6 is 23.2 Å². The number of aryl methyl sites for hydroxylation is 6. The smallest absolute Gasteiger partial charge is 0.431 e. The first-order valence-electron chi connectivity index (χ1n) is 14.5. The molecule has 0 unspecified atom stereocenters. The van der Waals surface area contributed by atoms with Gasteiger partial charge in [0.2, 0.25) is 0 Å². The molecule has 2 aromatic carbocycles. The van der Waals surface area contributed by atoms with Crippen molar-refractivity contribution in [3.8, 4) is 0 Å². The number of hydrogen-bond acceptors (Lipinski definition) is 2. The van der Waals surface area contributed by atoms with Crippen LogP contribution in [0.1, 0.15) is 33.4 Å². The van der Waals surface area contributed by atoms with E-state index in [0.717, 1.165) is 44.8 Å². The topological polar surface area (TPSA) is 14.2 Å². The number of pyridine rings is 2. The van der Waals surface area contributed by atoms with Crippen LogP contribution in [0.5, 0.6) is 0 Å². The van der Waals surface area contributed by atoms with Gasteiger partial charge in [-0.2, -0.15) is 0 Å². The fraction of sp³-hybridized carbons (Fsp3) is 0.333. The number of alkyl halides is 2. The van der Waals surface area contributed by atoms with E-state index in [-0.39, 0.29) is 5.34 Å². The van der Waals surface area contributed by atoms with Crippen LogP contribution in [0.2, 0.25) is 0 Å². The van der Waals surface area contributed by atoms with Gasteiger partial charge in [0.25, 0.3) is 0 Å². The van der Waals surface area contributed by atoms with Crippen molar-refractivity contribution in [2.24, 2.45) is 0 Å². The molecule has 0 N–H and O–H groups in total. The average Bonchev–Trinajstić information content (AvgIpc) is 2.92. The average molecular weight is 627 g/mol. The molecule has 0 spiro atoms. The summed E-state index contributed by atoms with van der Waals surface area (Å²) in [4.78, 5) is 3.91. The zero-order valence-corrected chi connectivity index (χ0v) is 28.6. The van der Waals surface area contributed by atoms with Gasteiger partial charge in [-0.3, -0.25) is 0 Å². The van der Waals surface area contributed by atoms with Gasteiger partial charge in [-0.05, 0) is 41.5 Å². The summed E-state index contributed by atoms with van der Waals surface area (Å²) in [5.74, 6) is 0. The van der Waals surface area contributed by atoms with E-state index >= 15 is 8.63 Å². The quantitative estimate of drug-likeness (QED) is 0.191. The maximum atomic E-state index is 19.0. The number of aromatic nitrogens is 2. The Morgan fingerprint density at radius 1 is 0.558 bits per heavy atom. The third-order valence-corrected chi connectivity index (χ3v) is 8.44. The largest absolute Gasteiger partial charge is 0.459 e. The van der Waals surface area contributed by atoms with E-state index in [4.69, 9.17) is 23.2 Å². The molecule has 0 amide bonds. The Balaban J connectivity index is 0.00000162. The lowest BCUT2D eigenvalue weighted by Gasteiger charge is -2.45. The fourth-order valence-corrected chi connectivity index (χ4v) is 6.81. The van der Waals surface area contributed by atoms with Crippen molar-refractivity contribution >= 4 is 58.4 Å². The van der Waals surface area contributed by atoms with E-state index in [1.807, 2.05) is 128 Å². The maximum Gasteiger partial charge on any atom is 0.431 e. The Kier molecular flexibility index (Phi) is 11.0. The molecule has 0 fully saturated rings. The zero-order chi connectivity index (χ0) is 32.3. The highest BCUT2D eigenvalue weighted by molar-refractivity contribution is 7.40. The van der Waals surface area contributed by atoms with Crippen LogP contribution in [0.15, 0.2) is 73.3 Å². The van der Waals surface area contributed by atoms with Gasteiger partial charge in [0.15, 0.2) is 0 Å². The second-order valence-electron chi connectivity index (χ2n) is 12.1. The molecule has 0 saturated carbocycles. The van der Waals surface area contributed by atoms with Gasteiger partial charge in [0.1, 0.15) is 24.8 Å². The molecule has 10 heteroatoms. The van der Waals surface area contributed by atoms with E-state index in [2.05, 4.69) is 0 Å².